The molecular formula is C9H13N3O2. The van der Waals surface area contributed by atoms with E-state index in [1.54, 1.807) is 7.11 Å². The summed E-state index contributed by atoms with van der Waals surface area (Å²) >= 11 is 0. The summed E-state index contributed by atoms with van der Waals surface area (Å²) in [4.78, 5) is 19.2. The Balaban J connectivity index is 2.57. The predicted molar refractivity (Wildman–Crippen MR) is 50.8 cm³/mol. The van der Waals surface area contributed by atoms with Crippen LogP contribution in [0.2, 0.25) is 0 Å². The van der Waals surface area contributed by atoms with Gasteiger partial charge in [0.1, 0.15) is 5.69 Å². The minimum atomic E-state index is -0.563. The topological polar surface area (TPSA) is 78.1 Å². The van der Waals surface area contributed by atoms with Gasteiger partial charge < -0.3 is 10.5 Å². The third-order valence-corrected chi connectivity index (χ3v) is 1.79. The van der Waals surface area contributed by atoms with Gasteiger partial charge in [-0.3, -0.25) is 9.78 Å². The number of ketones is 1. The van der Waals surface area contributed by atoms with Gasteiger partial charge in [0, 0.05) is 26.1 Å². The lowest BCUT2D eigenvalue weighted by Gasteiger charge is -2.08. The van der Waals surface area contributed by atoms with E-state index >= 15 is 0 Å². The second kappa shape index (κ2) is 5.41. The van der Waals surface area contributed by atoms with Crippen molar-refractivity contribution < 1.29 is 9.53 Å². The van der Waals surface area contributed by atoms with Crippen LogP contribution < -0.4 is 5.73 Å². The summed E-state index contributed by atoms with van der Waals surface area (Å²) < 4.78 is 4.83. The first-order chi connectivity index (χ1) is 6.75. The van der Waals surface area contributed by atoms with E-state index in [1.165, 1.54) is 18.6 Å². The Labute approximate surface area is 82.3 Å². The molecule has 0 amide bonds. The third kappa shape index (κ3) is 2.86. The molecule has 0 aromatic carbocycles. The first-order valence-electron chi connectivity index (χ1n) is 4.30. The molecule has 1 unspecified atom stereocenters. The molecular weight excluding hydrogens is 182 g/mol. The molecule has 0 aliphatic heterocycles. The van der Waals surface area contributed by atoms with E-state index in [2.05, 4.69) is 9.97 Å². The fourth-order valence-corrected chi connectivity index (χ4v) is 0.992. The summed E-state index contributed by atoms with van der Waals surface area (Å²) in [5.74, 6) is -0.199. The summed E-state index contributed by atoms with van der Waals surface area (Å²) in [6.07, 6.45) is 4.88. The van der Waals surface area contributed by atoms with Crippen LogP contribution in [0.3, 0.4) is 0 Å². The third-order valence-electron chi connectivity index (χ3n) is 1.79. The maximum atomic E-state index is 11.6. The van der Waals surface area contributed by atoms with E-state index < -0.39 is 6.04 Å². The fraction of sp³-hybridized carbons (Fsp3) is 0.444. The Hall–Kier alpha value is -1.33. The van der Waals surface area contributed by atoms with Crippen molar-refractivity contribution in [3.05, 3.63) is 24.3 Å². The number of nitrogens with zero attached hydrogens (tertiary/aromatic N) is 2. The number of rotatable bonds is 5. The first-order valence-corrected chi connectivity index (χ1v) is 4.30. The van der Waals surface area contributed by atoms with Crippen molar-refractivity contribution in [3.63, 3.8) is 0 Å². The molecule has 0 saturated heterocycles. The van der Waals surface area contributed by atoms with Crippen molar-refractivity contribution in [3.8, 4) is 0 Å². The number of nitrogens with two attached hydrogens (primary N) is 1. The standard InChI is InChI=1S/C9H13N3O2/c1-14-5-2-7(10)9(13)8-6-11-3-4-12-8/h3-4,6-7H,2,5,10H2,1H3. The van der Waals surface area contributed by atoms with Crippen LogP contribution in [0.4, 0.5) is 0 Å². The van der Waals surface area contributed by atoms with Gasteiger partial charge in [0.2, 0.25) is 0 Å². The zero-order chi connectivity index (χ0) is 10.4. The molecule has 1 aromatic rings. The van der Waals surface area contributed by atoms with Crippen molar-refractivity contribution in [2.24, 2.45) is 5.73 Å². The van der Waals surface area contributed by atoms with Crippen molar-refractivity contribution in [2.45, 2.75) is 12.5 Å². The molecule has 0 aliphatic carbocycles. The van der Waals surface area contributed by atoms with Gasteiger partial charge in [0.25, 0.3) is 0 Å². The Bertz CT molecular complexity index is 289. The second-order valence-electron chi connectivity index (χ2n) is 2.84. The molecule has 0 aliphatic rings. The van der Waals surface area contributed by atoms with Gasteiger partial charge in [-0.05, 0) is 6.42 Å². The zero-order valence-electron chi connectivity index (χ0n) is 8.01. The number of carbonyl (C=O) groups excluding carboxylic acids is 1. The highest BCUT2D eigenvalue weighted by atomic mass is 16.5. The Morgan fingerprint density at radius 1 is 1.64 bits per heavy atom. The minimum Gasteiger partial charge on any atom is -0.385 e. The summed E-state index contributed by atoms with van der Waals surface area (Å²) in [5, 5.41) is 0. The van der Waals surface area contributed by atoms with Gasteiger partial charge in [0.05, 0.1) is 12.2 Å². The molecule has 5 heteroatoms. The Morgan fingerprint density at radius 2 is 2.43 bits per heavy atom. The van der Waals surface area contributed by atoms with Crippen molar-refractivity contribution in [1.29, 1.82) is 0 Å². The monoisotopic (exact) mass is 195 g/mol. The highest BCUT2D eigenvalue weighted by Crippen LogP contribution is 1.99. The molecule has 1 aromatic heterocycles. The molecule has 0 bridgehead atoms. The van der Waals surface area contributed by atoms with E-state index in [4.69, 9.17) is 10.5 Å². The lowest BCUT2D eigenvalue weighted by atomic mass is 10.1. The fourth-order valence-electron chi connectivity index (χ4n) is 0.992. The number of aromatic nitrogens is 2. The van der Waals surface area contributed by atoms with E-state index in [1.807, 2.05) is 0 Å². The number of methoxy groups -OCH3 is 1. The predicted octanol–water partition coefficient (Wildman–Crippen LogP) is 0.0231. The average Bonchev–Trinajstić information content (AvgIpc) is 2.26. The summed E-state index contributed by atoms with van der Waals surface area (Å²) in [7, 11) is 1.57. The van der Waals surface area contributed by atoms with Gasteiger partial charge >= 0.3 is 0 Å². The van der Waals surface area contributed by atoms with Crippen molar-refractivity contribution in [2.75, 3.05) is 13.7 Å². The van der Waals surface area contributed by atoms with Gasteiger partial charge in [0.15, 0.2) is 5.78 Å². The van der Waals surface area contributed by atoms with Gasteiger partial charge in [-0.1, -0.05) is 0 Å². The Morgan fingerprint density at radius 3 is 3.00 bits per heavy atom. The zero-order valence-corrected chi connectivity index (χ0v) is 8.01. The smallest absolute Gasteiger partial charge is 0.199 e. The maximum absolute atomic E-state index is 11.6. The van der Waals surface area contributed by atoms with Crippen LogP contribution in [-0.2, 0) is 4.74 Å². The number of hydrogen-bond acceptors (Lipinski definition) is 5. The van der Waals surface area contributed by atoms with E-state index in [0.29, 0.717) is 18.7 Å². The van der Waals surface area contributed by atoms with E-state index in [-0.39, 0.29) is 5.78 Å². The molecule has 0 radical (unpaired) electrons. The largest absolute Gasteiger partial charge is 0.385 e. The number of Topliss-reactive ketones (excluding diaryl/α,β-unsaturated/α-hetero) is 1. The maximum Gasteiger partial charge on any atom is 0.199 e. The van der Waals surface area contributed by atoms with Crippen LogP contribution in [0, 0.1) is 0 Å². The molecule has 1 atom stereocenters. The minimum absolute atomic E-state index is 0.199. The van der Waals surface area contributed by atoms with Crippen LogP contribution in [0.1, 0.15) is 16.9 Å². The molecule has 0 fully saturated rings. The molecule has 1 heterocycles. The molecule has 0 saturated carbocycles. The molecule has 2 N–H and O–H groups in total. The van der Waals surface area contributed by atoms with E-state index in [9.17, 15) is 4.79 Å². The summed E-state index contributed by atoms with van der Waals surface area (Å²) in [6.45, 7) is 0.465. The van der Waals surface area contributed by atoms with Crippen LogP contribution in [0.5, 0.6) is 0 Å². The van der Waals surface area contributed by atoms with Crippen LogP contribution in [0.15, 0.2) is 18.6 Å². The van der Waals surface area contributed by atoms with E-state index in [0.717, 1.165) is 0 Å². The number of ether oxygens (including phenoxy) is 1. The highest BCUT2D eigenvalue weighted by molar-refractivity contribution is 5.97. The van der Waals surface area contributed by atoms with Gasteiger partial charge in [-0.15, -0.1) is 0 Å². The summed E-state index contributed by atoms with van der Waals surface area (Å²) in [5.41, 5.74) is 5.94. The Kier molecular flexibility index (Phi) is 4.15. The number of carbonyl (C=O) groups is 1. The van der Waals surface area contributed by atoms with Crippen molar-refractivity contribution >= 4 is 5.78 Å². The molecule has 5 nitrogen and oxygen atoms in total. The van der Waals surface area contributed by atoms with Crippen molar-refractivity contribution in [1.82, 2.24) is 9.97 Å². The van der Waals surface area contributed by atoms with Gasteiger partial charge in [-0.25, -0.2) is 4.98 Å². The van der Waals surface area contributed by atoms with Crippen LogP contribution in [0.25, 0.3) is 0 Å². The lowest BCUT2D eigenvalue weighted by Crippen LogP contribution is -2.32. The second-order valence-corrected chi connectivity index (χ2v) is 2.84. The highest BCUT2D eigenvalue weighted by Gasteiger charge is 2.16. The molecule has 14 heavy (non-hydrogen) atoms. The summed E-state index contributed by atoms with van der Waals surface area (Å²) in [6, 6.07) is -0.563. The van der Waals surface area contributed by atoms with Crippen LogP contribution >= 0.6 is 0 Å². The average molecular weight is 195 g/mol. The molecule has 0 spiro atoms. The van der Waals surface area contributed by atoms with Crippen LogP contribution in [-0.4, -0.2) is 35.5 Å². The lowest BCUT2D eigenvalue weighted by molar-refractivity contribution is 0.0930. The first kappa shape index (κ1) is 10.7. The SMILES string of the molecule is COCCC(N)C(=O)c1cnccn1. The normalized spacial score (nSPS) is 12.4. The number of hydrogen-bond donors (Lipinski definition) is 1. The molecule has 1 rings (SSSR count). The molecule has 76 valence electrons. The quantitative estimate of drug-likeness (QED) is 0.670. The van der Waals surface area contributed by atoms with Gasteiger partial charge in [-0.2, -0.15) is 0 Å².